The van der Waals surface area contributed by atoms with E-state index in [1.807, 2.05) is 0 Å². The topological polar surface area (TPSA) is 63.4 Å². The molecule has 21 heavy (non-hydrogen) atoms. The fourth-order valence-corrected chi connectivity index (χ4v) is 2.85. The number of carbonyl (C=O) groups excluding carboxylic acids is 2. The standard InChI is InChI=1S/C15H10BrFN2O2/c16-9-3-8(4-10(17)5-9)7-19-14(20)12-2-1-11(18)6-13(12)15(19)21/h1-6H,7,18H2. The molecule has 0 atom stereocenters. The van der Waals surface area contributed by atoms with Crippen LogP contribution in [0.25, 0.3) is 0 Å². The number of rotatable bonds is 2. The summed E-state index contributed by atoms with van der Waals surface area (Å²) in [6.45, 7) is 0.0165. The van der Waals surface area contributed by atoms with Crippen LogP contribution >= 0.6 is 15.9 Å². The predicted molar refractivity (Wildman–Crippen MR) is 79.2 cm³/mol. The molecule has 0 fully saturated rings. The highest BCUT2D eigenvalue weighted by Crippen LogP contribution is 2.27. The third kappa shape index (κ3) is 2.42. The van der Waals surface area contributed by atoms with Gasteiger partial charge in [-0.25, -0.2) is 4.39 Å². The maximum absolute atomic E-state index is 13.4. The van der Waals surface area contributed by atoms with Gasteiger partial charge in [-0.05, 0) is 42.0 Å². The highest BCUT2D eigenvalue weighted by molar-refractivity contribution is 9.10. The molecule has 0 aromatic heterocycles. The van der Waals surface area contributed by atoms with Crippen molar-refractivity contribution < 1.29 is 14.0 Å². The van der Waals surface area contributed by atoms with E-state index in [4.69, 9.17) is 5.73 Å². The van der Waals surface area contributed by atoms with Gasteiger partial charge in [-0.3, -0.25) is 14.5 Å². The van der Waals surface area contributed by atoms with E-state index in [0.717, 1.165) is 4.90 Å². The zero-order valence-electron chi connectivity index (χ0n) is 10.8. The van der Waals surface area contributed by atoms with E-state index < -0.39 is 17.6 Å². The Balaban J connectivity index is 1.95. The average molecular weight is 349 g/mol. The van der Waals surface area contributed by atoms with Gasteiger partial charge in [0.15, 0.2) is 0 Å². The highest BCUT2D eigenvalue weighted by atomic mass is 79.9. The van der Waals surface area contributed by atoms with Gasteiger partial charge in [-0.15, -0.1) is 0 Å². The molecule has 1 aliphatic heterocycles. The molecule has 2 aromatic rings. The summed E-state index contributed by atoms with van der Waals surface area (Å²) >= 11 is 3.19. The Morgan fingerprint density at radius 2 is 1.76 bits per heavy atom. The summed E-state index contributed by atoms with van der Waals surface area (Å²) in [7, 11) is 0. The Morgan fingerprint density at radius 1 is 1.05 bits per heavy atom. The minimum Gasteiger partial charge on any atom is -0.399 e. The average Bonchev–Trinajstić information content (AvgIpc) is 2.62. The van der Waals surface area contributed by atoms with Crippen LogP contribution in [0.1, 0.15) is 26.3 Å². The Labute approximate surface area is 128 Å². The zero-order chi connectivity index (χ0) is 15.1. The monoisotopic (exact) mass is 348 g/mol. The SMILES string of the molecule is Nc1ccc2c(c1)C(=O)N(Cc1cc(F)cc(Br)c1)C2=O. The lowest BCUT2D eigenvalue weighted by molar-refractivity contribution is 0.0642. The molecule has 0 spiro atoms. The van der Waals surface area contributed by atoms with Gasteiger partial charge in [0.1, 0.15) is 5.82 Å². The van der Waals surface area contributed by atoms with Gasteiger partial charge in [-0.2, -0.15) is 0 Å². The Hall–Kier alpha value is -2.21. The van der Waals surface area contributed by atoms with Crippen LogP contribution in [0.3, 0.4) is 0 Å². The first-order chi connectivity index (χ1) is 9.95. The molecule has 106 valence electrons. The largest absolute Gasteiger partial charge is 0.399 e. The number of nitrogens with two attached hydrogens (primary N) is 1. The van der Waals surface area contributed by atoms with E-state index in [9.17, 15) is 14.0 Å². The van der Waals surface area contributed by atoms with E-state index in [1.54, 1.807) is 12.1 Å². The van der Waals surface area contributed by atoms with Crippen molar-refractivity contribution in [1.29, 1.82) is 0 Å². The number of imide groups is 1. The van der Waals surface area contributed by atoms with E-state index in [-0.39, 0.29) is 12.1 Å². The number of nitrogens with zero attached hydrogens (tertiary/aromatic N) is 1. The molecule has 6 heteroatoms. The lowest BCUT2D eigenvalue weighted by Crippen LogP contribution is -2.29. The maximum atomic E-state index is 13.4. The molecular formula is C15H10BrFN2O2. The van der Waals surface area contributed by atoms with Gasteiger partial charge in [0.25, 0.3) is 11.8 Å². The molecule has 2 amide bonds. The zero-order valence-corrected chi connectivity index (χ0v) is 12.4. The Bertz CT molecular complexity index is 756. The third-order valence-electron chi connectivity index (χ3n) is 3.26. The third-order valence-corrected chi connectivity index (χ3v) is 3.72. The normalized spacial score (nSPS) is 13.7. The molecule has 0 bridgehead atoms. The molecule has 0 saturated carbocycles. The summed E-state index contributed by atoms with van der Waals surface area (Å²) < 4.78 is 13.9. The van der Waals surface area contributed by atoms with Crippen LogP contribution in [0.2, 0.25) is 0 Å². The number of halogens is 2. The first-order valence-corrected chi connectivity index (χ1v) is 6.95. The van der Waals surface area contributed by atoms with Gasteiger partial charge in [-0.1, -0.05) is 15.9 Å². The smallest absolute Gasteiger partial charge is 0.261 e. The van der Waals surface area contributed by atoms with Crippen molar-refractivity contribution >= 4 is 33.4 Å². The molecule has 1 heterocycles. The first-order valence-electron chi connectivity index (χ1n) is 6.16. The molecule has 2 N–H and O–H groups in total. The number of hydrogen-bond acceptors (Lipinski definition) is 3. The lowest BCUT2D eigenvalue weighted by Gasteiger charge is -2.14. The first kappa shape index (κ1) is 13.8. The van der Waals surface area contributed by atoms with Gasteiger partial charge < -0.3 is 5.73 Å². The van der Waals surface area contributed by atoms with Crippen molar-refractivity contribution in [1.82, 2.24) is 4.90 Å². The molecule has 2 aromatic carbocycles. The number of benzene rings is 2. The summed E-state index contributed by atoms with van der Waals surface area (Å²) in [6, 6.07) is 8.87. The Kier molecular flexibility index (Phi) is 3.25. The quantitative estimate of drug-likeness (QED) is 0.670. The highest BCUT2D eigenvalue weighted by Gasteiger charge is 2.35. The van der Waals surface area contributed by atoms with Crippen molar-refractivity contribution in [2.45, 2.75) is 6.54 Å². The number of amides is 2. The summed E-state index contributed by atoms with van der Waals surface area (Å²) in [5, 5.41) is 0. The number of nitrogen functional groups attached to an aromatic ring is 1. The van der Waals surface area contributed by atoms with Crippen LogP contribution in [-0.4, -0.2) is 16.7 Å². The molecule has 1 aliphatic rings. The van der Waals surface area contributed by atoms with Gasteiger partial charge in [0.2, 0.25) is 0 Å². The van der Waals surface area contributed by atoms with Crippen LogP contribution in [0, 0.1) is 5.82 Å². The van der Waals surface area contributed by atoms with Crippen molar-refractivity contribution in [2.75, 3.05) is 5.73 Å². The van der Waals surface area contributed by atoms with Gasteiger partial charge >= 0.3 is 0 Å². The second-order valence-electron chi connectivity index (χ2n) is 4.78. The molecular weight excluding hydrogens is 339 g/mol. The fraction of sp³-hybridized carbons (Fsp3) is 0.0667. The van der Waals surface area contributed by atoms with E-state index in [1.165, 1.54) is 24.3 Å². The summed E-state index contributed by atoms with van der Waals surface area (Å²) in [5.74, 6) is -1.24. The van der Waals surface area contributed by atoms with Crippen LogP contribution in [0.5, 0.6) is 0 Å². The molecule has 0 saturated heterocycles. The maximum Gasteiger partial charge on any atom is 0.261 e. The van der Waals surface area contributed by atoms with E-state index in [2.05, 4.69) is 15.9 Å². The van der Waals surface area contributed by atoms with Crippen LogP contribution in [0.4, 0.5) is 10.1 Å². The molecule has 0 radical (unpaired) electrons. The number of fused-ring (bicyclic) bond motifs is 1. The Morgan fingerprint density at radius 3 is 2.48 bits per heavy atom. The number of anilines is 1. The number of hydrogen-bond donors (Lipinski definition) is 1. The van der Waals surface area contributed by atoms with Crippen LogP contribution in [-0.2, 0) is 6.54 Å². The lowest BCUT2D eigenvalue weighted by atomic mass is 10.1. The summed E-state index contributed by atoms with van der Waals surface area (Å²) in [4.78, 5) is 25.6. The summed E-state index contributed by atoms with van der Waals surface area (Å²) in [5.41, 5.74) is 7.20. The van der Waals surface area contributed by atoms with Crippen molar-refractivity contribution in [3.05, 3.63) is 63.4 Å². The van der Waals surface area contributed by atoms with Crippen molar-refractivity contribution in [2.24, 2.45) is 0 Å². The van der Waals surface area contributed by atoms with E-state index >= 15 is 0 Å². The van der Waals surface area contributed by atoms with Crippen molar-refractivity contribution in [3.63, 3.8) is 0 Å². The molecule has 3 rings (SSSR count). The fourth-order valence-electron chi connectivity index (χ4n) is 2.34. The molecule has 0 aliphatic carbocycles. The summed E-state index contributed by atoms with van der Waals surface area (Å²) in [6.07, 6.45) is 0. The van der Waals surface area contributed by atoms with Crippen LogP contribution < -0.4 is 5.73 Å². The van der Waals surface area contributed by atoms with Crippen LogP contribution in [0.15, 0.2) is 40.9 Å². The molecule has 4 nitrogen and oxygen atoms in total. The second-order valence-corrected chi connectivity index (χ2v) is 5.69. The minimum atomic E-state index is -0.430. The van der Waals surface area contributed by atoms with E-state index in [0.29, 0.717) is 21.3 Å². The number of carbonyl (C=O) groups is 2. The predicted octanol–water partition coefficient (Wildman–Crippen LogP) is 2.97. The van der Waals surface area contributed by atoms with Gasteiger partial charge in [0.05, 0.1) is 17.7 Å². The van der Waals surface area contributed by atoms with Crippen molar-refractivity contribution in [3.8, 4) is 0 Å². The molecule has 0 unspecified atom stereocenters. The van der Waals surface area contributed by atoms with Gasteiger partial charge in [0, 0.05) is 10.2 Å². The second kappa shape index (κ2) is 4.96. The minimum absolute atomic E-state index is 0.0165.